The minimum absolute atomic E-state index is 0.0323. The monoisotopic (exact) mass is 237 g/mol. The molecule has 8 nitrogen and oxygen atoms in total. The highest BCUT2D eigenvalue weighted by Crippen LogP contribution is 2.31. The highest BCUT2D eigenvalue weighted by atomic mass is 16.4. The summed E-state index contributed by atoms with van der Waals surface area (Å²) >= 11 is 0. The number of hydrogen-bond donors (Lipinski definition) is 3. The van der Waals surface area contributed by atoms with Crippen LogP contribution in [-0.2, 0) is 4.79 Å². The fraction of sp³-hybridized carbons (Fsp3) is 0.444. The number of carboxylic acids is 1. The van der Waals surface area contributed by atoms with Gasteiger partial charge in [-0.05, 0) is 19.3 Å². The van der Waals surface area contributed by atoms with E-state index >= 15 is 0 Å². The number of urea groups is 1. The number of nitrogens with one attached hydrogen (secondary N) is 2. The first-order valence-corrected chi connectivity index (χ1v) is 5.09. The summed E-state index contributed by atoms with van der Waals surface area (Å²) in [6, 6.07) is -0.639. The zero-order valence-electron chi connectivity index (χ0n) is 8.88. The molecule has 1 heterocycles. The molecule has 0 spiro atoms. The van der Waals surface area contributed by atoms with Crippen molar-refractivity contribution in [3.63, 3.8) is 0 Å². The van der Waals surface area contributed by atoms with Crippen molar-refractivity contribution < 1.29 is 14.7 Å². The first-order chi connectivity index (χ1) is 8.12. The summed E-state index contributed by atoms with van der Waals surface area (Å²) in [5.41, 5.74) is -1.15. The van der Waals surface area contributed by atoms with E-state index in [1.54, 1.807) is 0 Å². The molecule has 8 heteroatoms. The van der Waals surface area contributed by atoms with Crippen LogP contribution in [0.1, 0.15) is 19.3 Å². The Morgan fingerprint density at radius 3 is 2.59 bits per heavy atom. The molecule has 2 amide bonds. The van der Waals surface area contributed by atoms with Gasteiger partial charge in [-0.2, -0.15) is 5.10 Å². The van der Waals surface area contributed by atoms with E-state index in [9.17, 15) is 9.59 Å². The van der Waals surface area contributed by atoms with Crippen LogP contribution < -0.4 is 10.6 Å². The number of amides is 2. The second-order valence-electron chi connectivity index (χ2n) is 3.79. The lowest BCUT2D eigenvalue weighted by molar-refractivity contribution is -0.148. The van der Waals surface area contributed by atoms with Gasteiger partial charge >= 0.3 is 12.0 Å². The molecule has 1 aliphatic rings. The summed E-state index contributed by atoms with van der Waals surface area (Å²) in [5.74, 6) is -0.990. The maximum Gasteiger partial charge on any atom is 0.329 e. The van der Waals surface area contributed by atoms with Crippen LogP contribution >= 0.6 is 0 Å². The molecule has 90 valence electrons. The van der Waals surface area contributed by atoms with Crippen LogP contribution in [0.15, 0.2) is 12.4 Å². The van der Waals surface area contributed by atoms with Crippen molar-refractivity contribution in [1.29, 1.82) is 0 Å². The molecule has 17 heavy (non-hydrogen) atoms. The van der Waals surface area contributed by atoms with Crippen LogP contribution in [0.4, 0.5) is 10.7 Å². The van der Waals surface area contributed by atoms with Gasteiger partial charge in [-0.3, -0.25) is 5.32 Å². The van der Waals surface area contributed by atoms with E-state index < -0.39 is 17.5 Å². The predicted octanol–water partition coefficient (Wildman–Crippen LogP) is 0.000400. The number of nitrogens with zero attached hydrogens (tertiary/aromatic N) is 3. The van der Waals surface area contributed by atoms with Gasteiger partial charge in [0.1, 0.15) is 5.54 Å². The van der Waals surface area contributed by atoms with E-state index in [-0.39, 0.29) is 5.95 Å². The third-order valence-corrected chi connectivity index (χ3v) is 2.68. The standard InChI is InChI=1S/C9H11N5O3/c15-6(16)9(2-1-3-9)13-8(17)12-7-10-4-5-11-14-7/h4-5H,1-3H2,(H,15,16)(H2,10,12,13,14,17). The number of hydrogen-bond acceptors (Lipinski definition) is 5. The van der Waals surface area contributed by atoms with E-state index in [0.717, 1.165) is 6.42 Å². The number of carboxylic acid groups (broad SMARTS) is 1. The molecular weight excluding hydrogens is 226 g/mol. The van der Waals surface area contributed by atoms with E-state index in [0.29, 0.717) is 12.8 Å². The summed E-state index contributed by atoms with van der Waals surface area (Å²) in [6.07, 6.45) is 4.40. The number of aromatic nitrogens is 3. The minimum atomic E-state index is -1.15. The Morgan fingerprint density at radius 2 is 2.12 bits per heavy atom. The molecule has 3 N–H and O–H groups in total. The van der Waals surface area contributed by atoms with Crippen molar-refractivity contribution in [2.24, 2.45) is 0 Å². The van der Waals surface area contributed by atoms with E-state index in [1.807, 2.05) is 0 Å². The van der Waals surface area contributed by atoms with Crippen molar-refractivity contribution in [2.45, 2.75) is 24.8 Å². The van der Waals surface area contributed by atoms with Gasteiger partial charge < -0.3 is 10.4 Å². The fourth-order valence-corrected chi connectivity index (χ4v) is 1.58. The average molecular weight is 237 g/mol. The lowest BCUT2D eigenvalue weighted by Crippen LogP contribution is -2.60. The summed E-state index contributed by atoms with van der Waals surface area (Å²) < 4.78 is 0. The molecule has 1 saturated carbocycles. The van der Waals surface area contributed by atoms with Crippen molar-refractivity contribution in [3.05, 3.63) is 12.4 Å². The minimum Gasteiger partial charge on any atom is -0.480 e. The van der Waals surface area contributed by atoms with Crippen LogP contribution in [0.3, 0.4) is 0 Å². The van der Waals surface area contributed by atoms with Gasteiger partial charge in [0.15, 0.2) is 0 Å². The van der Waals surface area contributed by atoms with E-state index in [1.165, 1.54) is 12.4 Å². The Labute approximate surface area is 96.5 Å². The second-order valence-corrected chi connectivity index (χ2v) is 3.79. The van der Waals surface area contributed by atoms with Crippen molar-refractivity contribution in [3.8, 4) is 0 Å². The Kier molecular flexibility index (Phi) is 2.86. The number of carbonyl (C=O) groups is 2. The van der Waals surface area contributed by atoms with Gasteiger partial charge in [0.2, 0.25) is 0 Å². The topological polar surface area (TPSA) is 117 Å². The molecule has 1 fully saturated rings. The van der Waals surface area contributed by atoms with Gasteiger partial charge in [0.05, 0.1) is 12.4 Å². The van der Waals surface area contributed by atoms with Crippen molar-refractivity contribution >= 4 is 17.9 Å². The Balaban J connectivity index is 1.96. The molecule has 0 aromatic carbocycles. The molecule has 0 aliphatic heterocycles. The zero-order chi connectivity index (χ0) is 12.3. The van der Waals surface area contributed by atoms with Crippen LogP contribution in [0.2, 0.25) is 0 Å². The summed E-state index contributed by atoms with van der Waals surface area (Å²) in [6.45, 7) is 0. The van der Waals surface area contributed by atoms with Gasteiger partial charge in [0.25, 0.3) is 5.95 Å². The van der Waals surface area contributed by atoms with Gasteiger partial charge in [-0.1, -0.05) is 0 Å². The van der Waals surface area contributed by atoms with Gasteiger partial charge in [-0.15, -0.1) is 5.10 Å². The Morgan fingerprint density at radius 1 is 1.35 bits per heavy atom. The largest absolute Gasteiger partial charge is 0.480 e. The maximum absolute atomic E-state index is 11.5. The number of carbonyl (C=O) groups excluding carboxylic acids is 1. The molecule has 0 radical (unpaired) electrons. The summed E-state index contributed by atoms with van der Waals surface area (Å²) in [7, 11) is 0. The average Bonchev–Trinajstić information content (AvgIpc) is 2.24. The van der Waals surface area contributed by atoms with Crippen LogP contribution in [-0.4, -0.2) is 37.8 Å². The lowest BCUT2D eigenvalue weighted by atomic mass is 9.77. The first kappa shape index (κ1) is 11.2. The molecule has 0 saturated heterocycles. The summed E-state index contributed by atoms with van der Waals surface area (Å²) in [5, 5.41) is 20.8. The SMILES string of the molecule is O=C(Nc1nccnn1)NC1(C(=O)O)CCC1. The zero-order valence-corrected chi connectivity index (χ0v) is 8.88. The Bertz CT molecular complexity index is 432. The predicted molar refractivity (Wildman–Crippen MR) is 56.2 cm³/mol. The third kappa shape index (κ3) is 2.30. The Hall–Kier alpha value is -2.25. The summed E-state index contributed by atoms with van der Waals surface area (Å²) in [4.78, 5) is 26.3. The quantitative estimate of drug-likeness (QED) is 0.681. The van der Waals surface area contributed by atoms with Crippen LogP contribution in [0.25, 0.3) is 0 Å². The van der Waals surface area contributed by atoms with E-state index in [2.05, 4.69) is 25.8 Å². The van der Waals surface area contributed by atoms with Crippen LogP contribution in [0, 0.1) is 0 Å². The third-order valence-electron chi connectivity index (χ3n) is 2.68. The maximum atomic E-state index is 11.5. The molecule has 2 rings (SSSR count). The van der Waals surface area contributed by atoms with E-state index in [4.69, 9.17) is 5.11 Å². The lowest BCUT2D eigenvalue weighted by Gasteiger charge is -2.37. The van der Waals surface area contributed by atoms with Gasteiger partial charge in [-0.25, -0.2) is 14.6 Å². The molecule has 0 unspecified atom stereocenters. The normalized spacial score (nSPS) is 16.7. The highest BCUT2D eigenvalue weighted by molar-refractivity contribution is 5.93. The fourth-order valence-electron chi connectivity index (χ4n) is 1.58. The van der Waals surface area contributed by atoms with Crippen molar-refractivity contribution in [2.75, 3.05) is 5.32 Å². The number of aliphatic carboxylic acids is 1. The van der Waals surface area contributed by atoms with Gasteiger partial charge in [0, 0.05) is 0 Å². The highest BCUT2D eigenvalue weighted by Gasteiger charge is 2.45. The molecule has 0 atom stereocenters. The molecule has 1 aromatic rings. The molecule has 0 bridgehead atoms. The van der Waals surface area contributed by atoms with Crippen LogP contribution in [0.5, 0.6) is 0 Å². The molecule has 1 aliphatic carbocycles. The second kappa shape index (κ2) is 4.32. The number of anilines is 1. The molecule has 1 aromatic heterocycles. The number of rotatable bonds is 3. The van der Waals surface area contributed by atoms with Crippen molar-refractivity contribution in [1.82, 2.24) is 20.5 Å². The smallest absolute Gasteiger partial charge is 0.329 e. The molecular formula is C9H11N5O3. The first-order valence-electron chi connectivity index (χ1n) is 5.09.